The van der Waals surface area contributed by atoms with Gasteiger partial charge in [0, 0.05) is 39.7 Å². The fourth-order valence-corrected chi connectivity index (χ4v) is 4.95. The smallest absolute Gasteiger partial charge is 0.0497 e. The second kappa shape index (κ2) is 3.67. The van der Waals surface area contributed by atoms with Crippen LogP contribution in [0, 0.1) is 13.8 Å². The third kappa shape index (κ3) is 1.44. The van der Waals surface area contributed by atoms with E-state index in [1.165, 1.54) is 29.9 Å². The summed E-state index contributed by atoms with van der Waals surface area (Å²) in [6.07, 6.45) is 0. The lowest BCUT2D eigenvalue weighted by Crippen LogP contribution is -1.73. The average Bonchev–Trinajstić information content (AvgIpc) is 2.78. The van der Waals surface area contributed by atoms with Gasteiger partial charge in [0.2, 0.25) is 0 Å². The predicted octanol–water partition coefficient (Wildman–Crippen LogP) is 5.31. The molecule has 0 radical (unpaired) electrons. The molecule has 0 saturated heterocycles. The van der Waals surface area contributed by atoms with Crippen molar-refractivity contribution in [3.63, 3.8) is 0 Å². The number of fused-ring (bicyclic) bond motifs is 2. The third-order valence-electron chi connectivity index (χ3n) is 2.65. The molecule has 0 unspecified atom stereocenters. The second-order valence-corrected chi connectivity index (χ2v) is 7.30. The monoisotopic (exact) mass is 282 g/mol. The highest BCUT2D eigenvalue weighted by Gasteiger charge is 2.14. The number of thiophene rings is 2. The zero-order chi connectivity index (χ0) is 11.4. The molecule has 2 heterocycles. The minimum Gasteiger partial charge on any atom is -0.141 e. The summed E-state index contributed by atoms with van der Waals surface area (Å²) in [6.45, 7) is 4.26. The molecule has 0 spiro atoms. The minimum absolute atomic E-state index is 1.10. The molecular weight excluding hydrogens is 272 g/mol. The van der Waals surface area contributed by atoms with Gasteiger partial charge in [0.15, 0.2) is 0 Å². The first-order chi connectivity index (χ1) is 7.58. The van der Waals surface area contributed by atoms with Crippen LogP contribution in [0.3, 0.4) is 0 Å². The van der Waals surface area contributed by atoms with Crippen molar-refractivity contribution in [1.82, 2.24) is 0 Å². The number of benzene rings is 1. The van der Waals surface area contributed by atoms with E-state index < -0.39 is 0 Å². The molecule has 0 aliphatic heterocycles. The molecule has 0 fully saturated rings. The van der Waals surface area contributed by atoms with Crippen molar-refractivity contribution >= 4 is 68.1 Å². The van der Waals surface area contributed by atoms with Gasteiger partial charge in [0.05, 0.1) is 0 Å². The van der Waals surface area contributed by atoms with Crippen LogP contribution in [0.25, 0.3) is 20.2 Å². The lowest BCUT2D eigenvalue weighted by atomic mass is 10.2. The molecule has 4 heteroatoms. The van der Waals surface area contributed by atoms with Crippen LogP contribution >= 0.6 is 47.9 Å². The fourth-order valence-electron chi connectivity index (χ4n) is 1.98. The Hall–Kier alpha value is -0.160. The molecular formula is C12H10S4. The predicted molar refractivity (Wildman–Crippen MR) is 81.2 cm³/mol. The van der Waals surface area contributed by atoms with E-state index in [-0.39, 0.29) is 0 Å². The number of hydrogen-bond donors (Lipinski definition) is 2. The summed E-state index contributed by atoms with van der Waals surface area (Å²) >= 11 is 12.9. The molecule has 0 aliphatic rings. The quantitative estimate of drug-likeness (QED) is 0.513. The first-order valence-corrected chi connectivity index (χ1v) is 7.45. The van der Waals surface area contributed by atoms with E-state index in [0.717, 1.165) is 9.79 Å². The van der Waals surface area contributed by atoms with Crippen molar-refractivity contribution in [2.75, 3.05) is 0 Å². The highest BCUT2D eigenvalue weighted by atomic mass is 32.1. The van der Waals surface area contributed by atoms with Crippen molar-refractivity contribution in [1.29, 1.82) is 0 Å². The molecule has 2 aromatic heterocycles. The van der Waals surface area contributed by atoms with E-state index >= 15 is 0 Å². The number of aryl methyl sites for hydroxylation is 2. The molecule has 1 aromatic carbocycles. The first kappa shape index (κ1) is 11.0. The Morgan fingerprint density at radius 2 is 1.19 bits per heavy atom. The van der Waals surface area contributed by atoms with Crippen LogP contribution in [0.15, 0.2) is 21.9 Å². The molecule has 82 valence electrons. The van der Waals surface area contributed by atoms with Gasteiger partial charge < -0.3 is 0 Å². The van der Waals surface area contributed by atoms with Gasteiger partial charge >= 0.3 is 0 Å². The van der Waals surface area contributed by atoms with Gasteiger partial charge in [0.1, 0.15) is 0 Å². The fraction of sp³-hybridized carbons (Fsp3) is 0.167. The van der Waals surface area contributed by atoms with Crippen molar-refractivity contribution < 1.29 is 0 Å². The molecule has 0 aliphatic carbocycles. The molecule has 0 bridgehead atoms. The van der Waals surface area contributed by atoms with Gasteiger partial charge in [-0.2, -0.15) is 0 Å². The van der Waals surface area contributed by atoms with E-state index in [2.05, 4.69) is 51.2 Å². The summed E-state index contributed by atoms with van der Waals surface area (Å²) in [5.74, 6) is 0. The van der Waals surface area contributed by atoms with Crippen LogP contribution in [-0.2, 0) is 0 Å². The first-order valence-electron chi connectivity index (χ1n) is 4.92. The van der Waals surface area contributed by atoms with Crippen LogP contribution in [-0.4, -0.2) is 0 Å². The SMILES string of the molecule is Cc1cc2c(S)c3sc(C)cc3c(S)c2s1. The topological polar surface area (TPSA) is 0 Å². The van der Waals surface area contributed by atoms with Crippen molar-refractivity contribution in [3.8, 4) is 0 Å². The Balaban J connectivity index is 2.63. The van der Waals surface area contributed by atoms with Gasteiger partial charge in [-0.15, -0.1) is 47.9 Å². The minimum atomic E-state index is 1.10. The lowest BCUT2D eigenvalue weighted by Gasteiger charge is -2.01. The van der Waals surface area contributed by atoms with Crippen molar-refractivity contribution in [2.45, 2.75) is 23.6 Å². The molecule has 16 heavy (non-hydrogen) atoms. The van der Waals surface area contributed by atoms with Gasteiger partial charge in [-0.05, 0) is 26.0 Å². The number of rotatable bonds is 0. The van der Waals surface area contributed by atoms with Crippen LogP contribution in [0.1, 0.15) is 9.75 Å². The van der Waals surface area contributed by atoms with Crippen molar-refractivity contribution in [3.05, 3.63) is 21.9 Å². The Kier molecular flexibility index (Phi) is 2.51. The molecule has 0 N–H and O–H groups in total. The van der Waals surface area contributed by atoms with Gasteiger partial charge in [-0.1, -0.05) is 0 Å². The third-order valence-corrected chi connectivity index (χ3v) is 6.02. The highest BCUT2D eigenvalue weighted by molar-refractivity contribution is 7.81. The summed E-state index contributed by atoms with van der Waals surface area (Å²) in [6, 6.07) is 4.41. The van der Waals surface area contributed by atoms with E-state index in [9.17, 15) is 0 Å². The summed E-state index contributed by atoms with van der Waals surface area (Å²) < 4.78 is 2.52. The summed E-state index contributed by atoms with van der Waals surface area (Å²) in [4.78, 5) is 4.83. The van der Waals surface area contributed by atoms with E-state index in [1.807, 2.05) is 0 Å². The Labute approximate surface area is 113 Å². The normalized spacial score (nSPS) is 11.8. The molecule has 3 aromatic rings. The van der Waals surface area contributed by atoms with Crippen molar-refractivity contribution in [2.24, 2.45) is 0 Å². The lowest BCUT2D eigenvalue weighted by molar-refractivity contribution is 1.60. The zero-order valence-corrected chi connectivity index (χ0v) is 12.3. The molecule has 3 rings (SSSR count). The van der Waals surface area contributed by atoms with E-state index in [4.69, 9.17) is 0 Å². The Morgan fingerprint density at radius 1 is 0.812 bits per heavy atom. The number of thiol groups is 2. The van der Waals surface area contributed by atoms with Crippen LogP contribution in [0.2, 0.25) is 0 Å². The van der Waals surface area contributed by atoms with Gasteiger partial charge in [-0.3, -0.25) is 0 Å². The van der Waals surface area contributed by atoms with Gasteiger partial charge in [0.25, 0.3) is 0 Å². The maximum atomic E-state index is 4.67. The zero-order valence-electron chi connectivity index (χ0n) is 8.87. The largest absolute Gasteiger partial charge is 0.141 e. The van der Waals surface area contributed by atoms with Gasteiger partial charge in [-0.25, -0.2) is 0 Å². The number of hydrogen-bond acceptors (Lipinski definition) is 4. The molecule has 0 saturated carbocycles. The average molecular weight is 282 g/mol. The summed E-state index contributed by atoms with van der Waals surface area (Å²) in [7, 11) is 0. The van der Waals surface area contributed by atoms with Crippen LogP contribution in [0.4, 0.5) is 0 Å². The summed E-state index contributed by atoms with van der Waals surface area (Å²) in [5, 5.41) is 2.48. The molecule has 0 nitrogen and oxygen atoms in total. The maximum Gasteiger partial charge on any atom is 0.0497 e. The highest BCUT2D eigenvalue weighted by Crippen LogP contribution is 2.44. The maximum absolute atomic E-state index is 4.67. The Bertz CT molecular complexity index is 588. The Morgan fingerprint density at radius 3 is 1.56 bits per heavy atom. The summed E-state index contributed by atoms with van der Waals surface area (Å²) in [5.41, 5.74) is 0. The van der Waals surface area contributed by atoms with E-state index in [0.29, 0.717) is 0 Å². The standard InChI is InChI=1S/C12H10S4/c1-5-3-7-9(13)12-8(4-6(2)16-12)10(14)11(7)15-5/h3-4,13-14H,1-2H3. The van der Waals surface area contributed by atoms with Crippen LogP contribution < -0.4 is 0 Å². The molecule has 0 amide bonds. The van der Waals surface area contributed by atoms with E-state index in [1.54, 1.807) is 22.7 Å². The second-order valence-electron chi connectivity index (χ2n) is 3.90. The molecule has 0 atom stereocenters. The van der Waals surface area contributed by atoms with Crippen LogP contribution in [0.5, 0.6) is 0 Å².